The molecule has 3 aromatic rings. The van der Waals surface area contributed by atoms with Gasteiger partial charge in [-0.25, -0.2) is 4.68 Å². The largest absolute Gasteiger partial charge is 0.454 e. The standard InChI is InChI=1S/C22H21N5O3/c1-12-4-6-16(13(2)8-12)26-21(28)19-14(3)25-22-23-10-24-27(22)20(19)15-5-7-17-18(9-15)30-11-29-17/h4-10,20H,11H2,1-3H3,(H,26,28)(H,23,24,25)/t20-/m1/s1. The molecule has 2 aliphatic heterocycles. The number of ether oxygens (including phenoxy) is 2. The number of fused-ring (bicyclic) bond motifs is 2. The SMILES string of the molecule is CC1=C(C(=O)Nc2ccc(C)cc2C)[C@@H](c2ccc3c(c2)OCO3)n2ncnc2N1. The number of nitrogens with zero attached hydrogens (tertiary/aromatic N) is 3. The Bertz CT molecular complexity index is 1200. The summed E-state index contributed by atoms with van der Waals surface area (Å²) in [7, 11) is 0. The molecule has 2 aliphatic rings. The van der Waals surface area contributed by atoms with Gasteiger partial charge in [0.1, 0.15) is 12.4 Å². The summed E-state index contributed by atoms with van der Waals surface area (Å²) in [5.74, 6) is 1.72. The van der Waals surface area contributed by atoms with Gasteiger partial charge in [0, 0.05) is 11.4 Å². The fourth-order valence-corrected chi connectivity index (χ4v) is 3.92. The van der Waals surface area contributed by atoms with E-state index < -0.39 is 6.04 Å². The first-order valence-corrected chi connectivity index (χ1v) is 9.66. The van der Waals surface area contributed by atoms with Gasteiger partial charge in [-0.05, 0) is 50.1 Å². The molecule has 0 fully saturated rings. The molecule has 0 aliphatic carbocycles. The Hall–Kier alpha value is -3.81. The van der Waals surface area contributed by atoms with Crippen LogP contribution in [-0.2, 0) is 4.79 Å². The van der Waals surface area contributed by atoms with Crippen molar-refractivity contribution in [1.82, 2.24) is 14.8 Å². The van der Waals surface area contributed by atoms with Crippen LogP contribution in [0.1, 0.15) is 29.7 Å². The van der Waals surface area contributed by atoms with E-state index in [0.29, 0.717) is 23.0 Å². The lowest BCUT2D eigenvalue weighted by Gasteiger charge is -2.29. The fraction of sp³-hybridized carbons (Fsp3) is 0.227. The third-order valence-corrected chi connectivity index (χ3v) is 5.38. The Morgan fingerprint density at radius 3 is 2.80 bits per heavy atom. The number of hydrogen-bond donors (Lipinski definition) is 2. The van der Waals surface area contributed by atoms with Gasteiger partial charge in [0.05, 0.1) is 5.57 Å². The Morgan fingerprint density at radius 1 is 1.13 bits per heavy atom. The van der Waals surface area contributed by atoms with Crippen LogP contribution >= 0.6 is 0 Å². The molecule has 30 heavy (non-hydrogen) atoms. The third kappa shape index (κ3) is 2.97. The van der Waals surface area contributed by atoms with E-state index in [1.807, 2.05) is 57.2 Å². The molecule has 2 N–H and O–H groups in total. The molecule has 1 atom stereocenters. The van der Waals surface area contributed by atoms with Crippen molar-refractivity contribution < 1.29 is 14.3 Å². The summed E-state index contributed by atoms with van der Waals surface area (Å²) in [6, 6.07) is 11.2. The van der Waals surface area contributed by atoms with Crippen molar-refractivity contribution in [2.75, 3.05) is 17.4 Å². The zero-order chi connectivity index (χ0) is 20.8. The zero-order valence-corrected chi connectivity index (χ0v) is 16.9. The molecule has 1 amide bonds. The Kier molecular flexibility index (Phi) is 4.20. The van der Waals surface area contributed by atoms with Crippen LogP contribution in [0.4, 0.5) is 11.6 Å². The van der Waals surface area contributed by atoms with Crippen LogP contribution in [-0.4, -0.2) is 27.5 Å². The number of amides is 1. The highest BCUT2D eigenvalue weighted by Gasteiger charge is 2.34. The van der Waals surface area contributed by atoms with E-state index in [2.05, 4.69) is 20.7 Å². The lowest BCUT2D eigenvalue weighted by atomic mass is 9.94. The summed E-state index contributed by atoms with van der Waals surface area (Å²) in [4.78, 5) is 17.7. The van der Waals surface area contributed by atoms with E-state index in [1.165, 1.54) is 6.33 Å². The van der Waals surface area contributed by atoms with Crippen LogP contribution in [0, 0.1) is 13.8 Å². The minimum Gasteiger partial charge on any atom is -0.454 e. The highest BCUT2D eigenvalue weighted by molar-refractivity contribution is 6.06. The van der Waals surface area contributed by atoms with Crippen LogP contribution in [0.25, 0.3) is 0 Å². The van der Waals surface area contributed by atoms with Gasteiger partial charge in [0.15, 0.2) is 11.5 Å². The number of rotatable bonds is 3. The first kappa shape index (κ1) is 18.2. The lowest BCUT2D eigenvalue weighted by molar-refractivity contribution is -0.113. The number of aromatic nitrogens is 3. The van der Waals surface area contributed by atoms with Crippen molar-refractivity contribution in [3.05, 3.63) is 70.7 Å². The molecule has 0 saturated carbocycles. The molecule has 1 aromatic heterocycles. The summed E-state index contributed by atoms with van der Waals surface area (Å²) >= 11 is 0. The first-order chi connectivity index (χ1) is 14.5. The molecule has 0 unspecified atom stereocenters. The Labute approximate surface area is 173 Å². The van der Waals surface area contributed by atoms with Crippen molar-refractivity contribution in [2.45, 2.75) is 26.8 Å². The van der Waals surface area contributed by atoms with Gasteiger partial charge in [0.2, 0.25) is 12.7 Å². The number of anilines is 2. The summed E-state index contributed by atoms with van der Waals surface area (Å²) < 4.78 is 12.7. The number of benzene rings is 2. The van der Waals surface area contributed by atoms with Crippen molar-refractivity contribution in [1.29, 1.82) is 0 Å². The number of carbonyl (C=O) groups excluding carboxylic acids is 1. The molecule has 0 spiro atoms. The van der Waals surface area contributed by atoms with Crippen LogP contribution in [0.5, 0.6) is 11.5 Å². The van der Waals surface area contributed by atoms with Gasteiger partial charge < -0.3 is 20.1 Å². The molecule has 5 rings (SSSR count). The highest BCUT2D eigenvalue weighted by atomic mass is 16.7. The second-order valence-corrected chi connectivity index (χ2v) is 7.48. The van der Waals surface area contributed by atoms with Gasteiger partial charge in [-0.2, -0.15) is 10.1 Å². The van der Waals surface area contributed by atoms with Gasteiger partial charge in [-0.15, -0.1) is 0 Å². The maximum Gasteiger partial charge on any atom is 0.255 e. The monoisotopic (exact) mass is 403 g/mol. The Balaban J connectivity index is 1.57. The Morgan fingerprint density at radius 2 is 1.97 bits per heavy atom. The van der Waals surface area contributed by atoms with Crippen LogP contribution in [0.2, 0.25) is 0 Å². The molecular formula is C22H21N5O3. The van der Waals surface area contributed by atoms with E-state index >= 15 is 0 Å². The van der Waals surface area contributed by atoms with Gasteiger partial charge in [0.25, 0.3) is 5.91 Å². The molecular weight excluding hydrogens is 382 g/mol. The summed E-state index contributed by atoms with van der Waals surface area (Å²) in [5, 5.41) is 10.6. The van der Waals surface area contributed by atoms with E-state index in [4.69, 9.17) is 9.47 Å². The molecule has 0 radical (unpaired) electrons. The van der Waals surface area contributed by atoms with Crippen molar-refractivity contribution >= 4 is 17.5 Å². The second-order valence-electron chi connectivity index (χ2n) is 7.48. The molecule has 8 heteroatoms. The number of hydrogen-bond acceptors (Lipinski definition) is 6. The molecule has 0 bridgehead atoms. The predicted molar refractivity (Wildman–Crippen MR) is 112 cm³/mol. The quantitative estimate of drug-likeness (QED) is 0.695. The number of allylic oxidation sites excluding steroid dienone is 1. The van der Waals surface area contributed by atoms with E-state index in [9.17, 15) is 4.79 Å². The maximum absolute atomic E-state index is 13.4. The van der Waals surface area contributed by atoms with Gasteiger partial charge in [-0.1, -0.05) is 23.8 Å². The fourth-order valence-electron chi connectivity index (χ4n) is 3.92. The average Bonchev–Trinajstić information content (AvgIpc) is 3.37. The molecule has 3 heterocycles. The maximum atomic E-state index is 13.4. The minimum atomic E-state index is -0.455. The van der Waals surface area contributed by atoms with Gasteiger partial charge in [-0.3, -0.25) is 4.79 Å². The van der Waals surface area contributed by atoms with Gasteiger partial charge >= 0.3 is 0 Å². The van der Waals surface area contributed by atoms with Crippen molar-refractivity contribution in [2.24, 2.45) is 0 Å². The van der Waals surface area contributed by atoms with Crippen LogP contribution < -0.4 is 20.1 Å². The van der Waals surface area contributed by atoms with Crippen molar-refractivity contribution in [3.8, 4) is 11.5 Å². The minimum absolute atomic E-state index is 0.189. The molecule has 8 nitrogen and oxygen atoms in total. The number of nitrogens with one attached hydrogen (secondary N) is 2. The third-order valence-electron chi connectivity index (χ3n) is 5.38. The summed E-state index contributed by atoms with van der Waals surface area (Å²) in [6.07, 6.45) is 1.47. The number of carbonyl (C=O) groups is 1. The van der Waals surface area contributed by atoms with E-state index in [1.54, 1.807) is 4.68 Å². The number of aryl methyl sites for hydroxylation is 2. The van der Waals surface area contributed by atoms with E-state index in [0.717, 1.165) is 28.1 Å². The molecule has 152 valence electrons. The second kappa shape index (κ2) is 6.91. The molecule has 0 saturated heterocycles. The zero-order valence-electron chi connectivity index (χ0n) is 16.9. The van der Waals surface area contributed by atoms with Crippen molar-refractivity contribution in [3.63, 3.8) is 0 Å². The van der Waals surface area contributed by atoms with Crippen LogP contribution in [0.15, 0.2) is 54.0 Å². The summed E-state index contributed by atoms with van der Waals surface area (Å²) in [6.45, 7) is 6.07. The topological polar surface area (TPSA) is 90.3 Å². The summed E-state index contributed by atoms with van der Waals surface area (Å²) in [5.41, 5.74) is 5.07. The van der Waals surface area contributed by atoms with Crippen LogP contribution in [0.3, 0.4) is 0 Å². The predicted octanol–water partition coefficient (Wildman–Crippen LogP) is 3.55. The average molecular weight is 403 g/mol. The smallest absolute Gasteiger partial charge is 0.255 e. The highest BCUT2D eigenvalue weighted by Crippen LogP contribution is 2.40. The molecule has 2 aromatic carbocycles. The van der Waals surface area contributed by atoms with E-state index in [-0.39, 0.29) is 12.7 Å². The first-order valence-electron chi connectivity index (χ1n) is 9.66. The lowest BCUT2D eigenvalue weighted by Crippen LogP contribution is -2.31. The normalized spacial score (nSPS) is 16.8.